The van der Waals surface area contributed by atoms with Gasteiger partial charge in [-0.2, -0.15) is 0 Å². The van der Waals surface area contributed by atoms with Crippen LogP contribution in [-0.2, 0) is 11.3 Å². The highest BCUT2D eigenvalue weighted by molar-refractivity contribution is 9.10. The fourth-order valence-electron chi connectivity index (χ4n) is 2.24. The van der Waals surface area contributed by atoms with Crippen molar-refractivity contribution in [3.8, 4) is 0 Å². The minimum atomic E-state index is 0.103. The van der Waals surface area contributed by atoms with Crippen LogP contribution in [0.1, 0.15) is 24.8 Å². The average molecular weight is 346 g/mol. The van der Waals surface area contributed by atoms with Gasteiger partial charge in [0.05, 0.1) is 0 Å². The Morgan fingerprint density at radius 3 is 3.05 bits per heavy atom. The van der Waals surface area contributed by atoms with Gasteiger partial charge in [-0.25, -0.2) is 0 Å². The second-order valence-electron chi connectivity index (χ2n) is 4.91. The summed E-state index contributed by atoms with van der Waals surface area (Å²) in [7, 11) is 0. The second-order valence-corrected chi connectivity index (χ2v) is 6.23. The van der Waals surface area contributed by atoms with Gasteiger partial charge in [0.2, 0.25) is 5.91 Å². The molecule has 0 radical (unpaired) electrons. The largest absolute Gasteiger partial charge is 0.352 e. The van der Waals surface area contributed by atoms with Gasteiger partial charge in [-0.3, -0.25) is 4.79 Å². The number of hydrogen-bond donors (Lipinski definition) is 2. The number of carbonyl (C=O) groups is 1. The summed E-state index contributed by atoms with van der Waals surface area (Å²) in [5.74, 6) is 0.757. The number of amides is 1. The molecule has 1 aromatic rings. The van der Waals surface area contributed by atoms with Gasteiger partial charge >= 0.3 is 0 Å². The topological polar surface area (TPSA) is 41.1 Å². The summed E-state index contributed by atoms with van der Waals surface area (Å²) >= 11 is 9.47. The van der Waals surface area contributed by atoms with E-state index in [-0.39, 0.29) is 5.91 Å². The molecule has 1 saturated heterocycles. The molecule has 0 aromatic heterocycles. The van der Waals surface area contributed by atoms with Gasteiger partial charge in [-0.1, -0.05) is 33.6 Å². The normalized spacial score (nSPS) is 18.5. The number of rotatable bonds is 5. The van der Waals surface area contributed by atoms with Crippen molar-refractivity contribution in [3.05, 3.63) is 33.3 Å². The Balaban J connectivity index is 1.73. The standard InChI is InChI=1S/C14H18BrClN2O/c15-12-3-2-11(13(16)7-12)9-18-14(19)4-1-10-5-6-17-8-10/h2-3,7,10,17H,1,4-6,8-9H2,(H,18,19). The predicted molar refractivity (Wildman–Crippen MR) is 81.2 cm³/mol. The van der Waals surface area contributed by atoms with E-state index in [4.69, 9.17) is 11.6 Å². The van der Waals surface area contributed by atoms with Crippen molar-refractivity contribution in [3.63, 3.8) is 0 Å². The molecular weight excluding hydrogens is 328 g/mol. The zero-order chi connectivity index (χ0) is 13.7. The van der Waals surface area contributed by atoms with E-state index in [0.29, 0.717) is 23.9 Å². The van der Waals surface area contributed by atoms with E-state index in [1.165, 1.54) is 6.42 Å². The number of nitrogens with one attached hydrogen (secondary N) is 2. The van der Waals surface area contributed by atoms with Crippen LogP contribution in [0.2, 0.25) is 5.02 Å². The molecule has 2 rings (SSSR count). The lowest BCUT2D eigenvalue weighted by Crippen LogP contribution is -2.23. The molecule has 0 saturated carbocycles. The van der Waals surface area contributed by atoms with E-state index in [2.05, 4.69) is 26.6 Å². The Hall–Kier alpha value is -0.580. The lowest BCUT2D eigenvalue weighted by molar-refractivity contribution is -0.121. The van der Waals surface area contributed by atoms with Gasteiger partial charge in [-0.05, 0) is 49.5 Å². The molecule has 1 fully saturated rings. The Labute approximate surface area is 127 Å². The lowest BCUT2D eigenvalue weighted by Gasteiger charge is -2.09. The van der Waals surface area contributed by atoms with Gasteiger partial charge in [0.25, 0.3) is 0 Å². The van der Waals surface area contributed by atoms with E-state index in [9.17, 15) is 4.79 Å². The van der Waals surface area contributed by atoms with Crippen LogP contribution in [0.5, 0.6) is 0 Å². The molecular formula is C14H18BrClN2O. The maximum absolute atomic E-state index is 11.8. The Morgan fingerprint density at radius 1 is 1.53 bits per heavy atom. The summed E-state index contributed by atoms with van der Waals surface area (Å²) in [6.45, 7) is 2.63. The van der Waals surface area contributed by atoms with Gasteiger partial charge in [0.1, 0.15) is 0 Å². The molecule has 0 aliphatic carbocycles. The summed E-state index contributed by atoms with van der Waals surface area (Å²) in [5.41, 5.74) is 0.945. The van der Waals surface area contributed by atoms with Crippen molar-refractivity contribution in [2.75, 3.05) is 13.1 Å². The maximum Gasteiger partial charge on any atom is 0.220 e. The fraction of sp³-hybridized carbons (Fsp3) is 0.500. The first-order valence-electron chi connectivity index (χ1n) is 6.56. The first-order valence-corrected chi connectivity index (χ1v) is 7.73. The summed E-state index contributed by atoms with van der Waals surface area (Å²) in [5, 5.41) is 6.91. The molecule has 1 aliphatic rings. The lowest BCUT2D eigenvalue weighted by atomic mass is 10.0. The van der Waals surface area contributed by atoms with Gasteiger partial charge in [-0.15, -0.1) is 0 Å². The Kier molecular flexibility index (Phi) is 5.67. The summed E-state index contributed by atoms with van der Waals surface area (Å²) in [6.07, 6.45) is 2.75. The molecule has 1 heterocycles. The van der Waals surface area contributed by atoms with Crippen LogP contribution < -0.4 is 10.6 Å². The third-order valence-corrected chi connectivity index (χ3v) is 4.28. The van der Waals surface area contributed by atoms with E-state index >= 15 is 0 Å². The Morgan fingerprint density at radius 2 is 2.37 bits per heavy atom. The van der Waals surface area contributed by atoms with Crippen molar-refractivity contribution in [2.24, 2.45) is 5.92 Å². The van der Waals surface area contributed by atoms with Crippen molar-refractivity contribution in [1.29, 1.82) is 0 Å². The molecule has 0 spiro atoms. The zero-order valence-electron chi connectivity index (χ0n) is 10.7. The molecule has 3 nitrogen and oxygen atoms in total. The minimum absolute atomic E-state index is 0.103. The van der Waals surface area contributed by atoms with Crippen LogP contribution in [0.3, 0.4) is 0 Å². The van der Waals surface area contributed by atoms with Gasteiger partial charge in [0.15, 0.2) is 0 Å². The van der Waals surface area contributed by atoms with Crippen LogP contribution in [0.15, 0.2) is 22.7 Å². The van der Waals surface area contributed by atoms with Gasteiger partial charge < -0.3 is 10.6 Å². The Bertz CT molecular complexity index is 447. The molecule has 1 amide bonds. The first-order chi connectivity index (χ1) is 9.15. The van der Waals surface area contributed by atoms with Crippen molar-refractivity contribution in [1.82, 2.24) is 10.6 Å². The molecule has 5 heteroatoms. The van der Waals surface area contributed by atoms with Crippen LogP contribution in [-0.4, -0.2) is 19.0 Å². The molecule has 0 bridgehead atoms. The van der Waals surface area contributed by atoms with Crippen LogP contribution >= 0.6 is 27.5 Å². The highest BCUT2D eigenvalue weighted by Crippen LogP contribution is 2.21. The molecule has 1 atom stereocenters. The summed E-state index contributed by atoms with van der Waals surface area (Å²) in [4.78, 5) is 11.8. The number of hydrogen-bond acceptors (Lipinski definition) is 2. The van der Waals surface area contributed by atoms with E-state index in [1.54, 1.807) is 0 Å². The molecule has 2 N–H and O–H groups in total. The molecule has 1 aliphatic heterocycles. The smallest absolute Gasteiger partial charge is 0.220 e. The van der Waals surface area contributed by atoms with Crippen molar-refractivity contribution in [2.45, 2.75) is 25.8 Å². The first kappa shape index (κ1) is 14.8. The van der Waals surface area contributed by atoms with Crippen LogP contribution in [0, 0.1) is 5.92 Å². The molecule has 1 aromatic carbocycles. The monoisotopic (exact) mass is 344 g/mol. The predicted octanol–water partition coefficient (Wildman–Crippen LogP) is 3.11. The highest BCUT2D eigenvalue weighted by Gasteiger charge is 2.15. The fourth-order valence-corrected chi connectivity index (χ4v) is 2.98. The number of carbonyl (C=O) groups excluding carboxylic acids is 1. The molecule has 104 valence electrons. The zero-order valence-corrected chi connectivity index (χ0v) is 13.1. The summed E-state index contributed by atoms with van der Waals surface area (Å²) in [6, 6.07) is 5.69. The van der Waals surface area contributed by atoms with Crippen LogP contribution in [0.25, 0.3) is 0 Å². The second kappa shape index (κ2) is 7.27. The maximum atomic E-state index is 11.8. The van der Waals surface area contributed by atoms with Crippen LogP contribution in [0.4, 0.5) is 0 Å². The number of halogens is 2. The quantitative estimate of drug-likeness (QED) is 0.861. The summed E-state index contributed by atoms with van der Waals surface area (Å²) < 4.78 is 0.946. The van der Waals surface area contributed by atoms with Crippen molar-refractivity contribution < 1.29 is 4.79 Å². The highest BCUT2D eigenvalue weighted by atomic mass is 79.9. The van der Waals surface area contributed by atoms with E-state index in [1.807, 2.05) is 18.2 Å². The van der Waals surface area contributed by atoms with E-state index in [0.717, 1.165) is 29.5 Å². The van der Waals surface area contributed by atoms with E-state index < -0.39 is 0 Å². The third kappa shape index (κ3) is 4.79. The van der Waals surface area contributed by atoms with Gasteiger partial charge in [0, 0.05) is 22.5 Å². The molecule has 1 unspecified atom stereocenters. The third-order valence-electron chi connectivity index (χ3n) is 3.43. The minimum Gasteiger partial charge on any atom is -0.352 e. The number of benzene rings is 1. The van der Waals surface area contributed by atoms with Crippen molar-refractivity contribution >= 4 is 33.4 Å². The average Bonchev–Trinajstić information content (AvgIpc) is 2.88. The molecule has 19 heavy (non-hydrogen) atoms. The SMILES string of the molecule is O=C(CCC1CCNC1)NCc1ccc(Br)cc1Cl.